The van der Waals surface area contributed by atoms with E-state index in [-0.39, 0.29) is 0 Å². The van der Waals surface area contributed by atoms with E-state index in [2.05, 4.69) is 25.1 Å². The minimum Gasteiger partial charge on any atom is -0.314 e. The maximum absolute atomic E-state index is 5.13. The normalized spacial score (nSPS) is 12.5. The van der Waals surface area contributed by atoms with Gasteiger partial charge in [0.1, 0.15) is 0 Å². The largest absolute Gasteiger partial charge is 0.314 e. The highest BCUT2D eigenvalue weighted by Gasteiger charge is 1.96. The Morgan fingerprint density at radius 2 is 2.27 bits per heavy atom. The van der Waals surface area contributed by atoms with Gasteiger partial charge in [0.2, 0.25) is 0 Å². The lowest BCUT2D eigenvalue weighted by Gasteiger charge is -2.11. The topological polar surface area (TPSA) is 12.0 Å². The summed E-state index contributed by atoms with van der Waals surface area (Å²) in [4.78, 5) is 0. The molecular weight excluding hydrogens is 134 g/mol. The molecule has 0 heterocycles. The van der Waals surface area contributed by atoms with Crippen LogP contribution in [0.2, 0.25) is 0 Å². The van der Waals surface area contributed by atoms with E-state index in [1.807, 2.05) is 0 Å². The molecule has 0 aliphatic carbocycles. The zero-order chi connectivity index (χ0) is 8.53. The van der Waals surface area contributed by atoms with Crippen molar-refractivity contribution >= 4 is 0 Å². The molecule has 0 aromatic rings. The minimum atomic E-state index is 0.651. The Labute approximate surface area is 70.6 Å². The zero-order valence-electron chi connectivity index (χ0n) is 7.69. The molecule has 0 aliphatic rings. The average molecular weight is 153 g/mol. The monoisotopic (exact) mass is 153 g/mol. The molecule has 1 nitrogen and oxygen atoms in total. The number of terminal acetylenes is 1. The standard InChI is InChI=1S/C10H19N/c1-4-6-7-9-11-10(3)8-5-2/h1,10-11H,5-9H2,2-3H3. The Morgan fingerprint density at radius 1 is 1.55 bits per heavy atom. The average Bonchev–Trinajstić information content (AvgIpc) is 1.99. The van der Waals surface area contributed by atoms with Crippen LogP contribution in [0, 0.1) is 12.3 Å². The van der Waals surface area contributed by atoms with Gasteiger partial charge >= 0.3 is 0 Å². The molecule has 1 unspecified atom stereocenters. The molecule has 64 valence electrons. The van der Waals surface area contributed by atoms with Gasteiger partial charge in [-0.05, 0) is 26.3 Å². The number of rotatable bonds is 6. The summed E-state index contributed by atoms with van der Waals surface area (Å²) < 4.78 is 0. The molecule has 0 spiro atoms. The van der Waals surface area contributed by atoms with E-state index < -0.39 is 0 Å². The summed E-state index contributed by atoms with van der Waals surface area (Å²) in [5.74, 6) is 2.63. The molecule has 0 amide bonds. The molecule has 0 rings (SSSR count). The highest BCUT2D eigenvalue weighted by atomic mass is 14.9. The second-order valence-electron chi connectivity index (χ2n) is 2.95. The van der Waals surface area contributed by atoms with Crippen LogP contribution in [0.15, 0.2) is 0 Å². The maximum Gasteiger partial charge on any atom is 0.00981 e. The summed E-state index contributed by atoms with van der Waals surface area (Å²) in [5, 5.41) is 3.42. The lowest BCUT2D eigenvalue weighted by atomic mass is 10.2. The van der Waals surface area contributed by atoms with Gasteiger partial charge < -0.3 is 5.32 Å². The number of unbranched alkanes of at least 4 members (excludes halogenated alkanes) is 1. The first kappa shape index (κ1) is 10.5. The number of nitrogens with one attached hydrogen (secondary N) is 1. The van der Waals surface area contributed by atoms with Crippen LogP contribution in [0.1, 0.15) is 39.5 Å². The maximum atomic E-state index is 5.13. The van der Waals surface area contributed by atoms with Crippen LogP contribution in [0.5, 0.6) is 0 Å². The van der Waals surface area contributed by atoms with Crippen molar-refractivity contribution in [3.05, 3.63) is 0 Å². The quantitative estimate of drug-likeness (QED) is 0.455. The van der Waals surface area contributed by atoms with Crippen molar-refractivity contribution in [3.63, 3.8) is 0 Å². The third-order valence-corrected chi connectivity index (χ3v) is 1.71. The Kier molecular flexibility index (Phi) is 7.29. The van der Waals surface area contributed by atoms with Crippen LogP contribution < -0.4 is 5.32 Å². The molecule has 0 fully saturated rings. The second-order valence-corrected chi connectivity index (χ2v) is 2.95. The fourth-order valence-corrected chi connectivity index (χ4v) is 1.07. The van der Waals surface area contributed by atoms with E-state index in [9.17, 15) is 0 Å². The molecule has 0 saturated carbocycles. The van der Waals surface area contributed by atoms with E-state index in [4.69, 9.17) is 6.42 Å². The van der Waals surface area contributed by atoms with Gasteiger partial charge in [-0.2, -0.15) is 0 Å². The lowest BCUT2D eigenvalue weighted by Crippen LogP contribution is -2.26. The predicted molar refractivity (Wildman–Crippen MR) is 50.4 cm³/mol. The smallest absolute Gasteiger partial charge is 0.00981 e. The van der Waals surface area contributed by atoms with Crippen molar-refractivity contribution in [3.8, 4) is 12.3 Å². The van der Waals surface area contributed by atoms with Crippen molar-refractivity contribution in [2.75, 3.05) is 6.54 Å². The van der Waals surface area contributed by atoms with Gasteiger partial charge in [0.05, 0.1) is 0 Å². The molecule has 0 aromatic carbocycles. The van der Waals surface area contributed by atoms with Crippen LogP contribution in [-0.2, 0) is 0 Å². The summed E-state index contributed by atoms with van der Waals surface area (Å²) in [6.45, 7) is 5.49. The molecule has 0 bridgehead atoms. The summed E-state index contributed by atoms with van der Waals surface area (Å²) in [5.41, 5.74) is 0. The predicted octanol–water partition coefficient (Wildman–Crippen LogP) is 2.18. The number of hydrogen-bond donors (Lipinski definition) is 1. The van der Waals surface area contributed by atoms with Crippen LogP contribution in [0.25, 0.3) is 0 Å². The fraction of sp³-hybridized carbons (Fsp3) is 0.800. The van der Waals surface area contributed by atoms with E-state index in [0.717, 1.165) is 19.4 Å². The van der Waals surface area contributed by atoms with E-state index in [1.165, 1.54) is 12.8 Å². The minimum absolute atomic E-state index is 0.651. The van der Waals surface area contributed by atoms with Gasteiger partial charge in [0.25, 0.3) is 0 Å². The Bertz CT molecular complexity index is 113. The SMILES string of the molecule is C#CCCCNC(C)CCC. The van der Waals surface area contributed by atoms with Crippen LogP contribution in [0.3, 0.4) is 0 Å². The summed E-state index contributed by atoms with van der Waals surface area (Å²) in [6.07, 6.45) is 9.64. The Morgan fingerprint density at radius 3 is 2.82 bits per heavy atom. The lowest BCUT2D eigenvalue weighted by molar-refractivity contribution is 0.504. The first-order chi connectivity index (χ1) is 5.31. The van der Waals surface area contributed by atoms with Gasteiger partial charge in [0, 0.05) is 12.5 Å². The summed E-state index contributed by atoms with van der Waals surface area (Å²) >= 11 is 0. The molecule has 1 heteroatoms. The van der Waals surface area contributed by atoms with Gasteiger partial charge in [-0.25, -0.2) is 0 Å². The molecule has 0 radical (unpaired) electrons. The third kappa shape index (κ3) is 7.42. The zero-order valence-corrected chi connectivity index (χ0v) is 7.69. The van der Waals surface area contributed by atoms with E-state index in [1.54, 1.807) is 0 Å². The number of hydrogen-bond acceptors (Lipinski definition) is 1. The summed E-state index contributed by atoms with van der Waals surface area (Å²) in [7, 11) is 0. The van der Waals surface area contributed by atoms with Gasteiger partial charge in [0.15, 0.2) is 0 Å². The van der Waals surface area contributed by atoms with Gasteiger partial charge in [-0.3, -0.25) is 0 Å². The molecule has 11 heavy (non-hydrogen) atoms. The van der Waals surface area contributed by atoms with Gasteiger partial charge in [-0.1, -0.05) is 13.3 Å². The van der Waals surface area contributed by atoms with Gasteiger partial charge in [-0.15, -0.1) is 12.3 Å². The Balaban J connectivity index is 3.05. The summed E-state index contributed by atoms with van der Waals surface area (Å²) in [6, 6.07) is 0.651. The molecule has 1 atom stereocenters. The van der Waals surface area contributed by atoms with E-state index in [0.29, 0.717) is 6.04 Å². The third-order valence-electron chi connectivity index (χ3n) is 1.71. The fourth-order valence-electron chi connectivity index (χ4n) is 1.07. The van der Waals surface area contributed by atoms with Crippen LogP contribution in [-0.4, -0.2) is 12.6 Å². The van der Waals surface area contributed by atoms with Crippen LogP contribution >= 0.6 is 0 Å². The molecule has 1 N–H and O–H groups in total. The first-order valence-corrected chi connectivity index (χ1v) is 4.48. The molecule has 0 aromatic heterocycles. The van der Waals surface area contributed by atoms with E-state index >= 15 is 0 Å². The molecular formula is C10H19N. The van der Waals surface area contributed by atoms with Crippen molar-refractivity contribution in [1.82, 2.24) is 5.32 Å². The van der Waals surface area contributed by atoms with Crippen molar-refractivity contribution in [1.29, 1.82) is 0 Å². The highest BCUT2D eigenvalue weighted by Crippen LogP contribution is 1.94. The van der Waals surface area contributed by atoms with Crippen molar-refractivity contribution in [2.24, 2.45) is 0 Å². The van der Waals surface area contributed by atoms with Crippen molar-refractivity contribution in [2.45, 2.75) is 45.6 Å². The first-order valence-electron chi connectivity index (χ1n) is 4.48. The molecule has 0 aliphatic heterocycles. The Hall–Kier alpha value is -0.480. The van der Waals surface area contributed by atoms with Crippen LogP contribution in [0.4, 0.5) is 0 Å². The van der Waals surface area contributed by atoms with Crippen molar-refractivity contribution < 1.29 is 0 Å². The highest BCUT2D eigenvalue weighted by molar-refractivity contribution is 4.83. The molecule has 0 saturated heterocycles. The second kappa shape index (κ2) is 7.63.